The van der Waals surface area contributed by atoms with Crippen LogP contribution in [0.25, 0.3) is 0 Å². The number of likely N-dealkylation sites (N-methyl/N-ethyl adjacent to an activating group) is 1. The van der Waals surface area contributed by atoms with Gasteiger partial charge in [-0.25, -0.2) is 0 Å². The van der Waals surface area contributed by atoms with Gasteiger partial charge in [0.25, 0.3) is 0 Å². The van der Waals surface area contributed by atoms with Crippen LogP contribution in [0, 0.1) is 12.8 Å². The predicted octanol–water partition coefficient (Wildman–Crippen LogP) is 2.60. The number of aliphatic imine (C=N–C) groups is 1. The molecule has 1 unspecified atom stereocenters. The average molecular weight is 372 g/mol. The number of guanidine groups is 1. The van der Waals surface area contributed by atoms with Crippen LogP contribution in [0.15, 0.2) is 29.3 Å². The van der Waals surface area contributed by atoms with Gasteiger partial charge in [0.05, 0.1) is 0 Å². The van der Waals surface area contributed by atoms with Crippen molar-refractivity contribution in [1.82, 2.24) is 15.1 Å². The van der Waals surface area contributed by atoms with Gasteiger partial charge >= 0.3 is 0 Å². The van der Waals surface area contributed by atoms with E-state index < -0.39 is 0 Å². The second kappa shape index (κ2) is 10.1. The van der Waals surface area contributed by atoms with Crippen molar-refractivity contribution in [3.63, 3.8) is 0 Å². The fourth-order valence-electron chi connectivity index (χ4n) is 4.33. The molecule has 27 heavy (non-hydrogen) atoms. The maximum absolute atomic E-state index is 6.11. The molecule has 5 heteroatoms. The van der Waals surface area contributed by atoms with Crippen molar-refractivity contribution in [3.05, 3.63) is 35.4 Å². The molecule has 0 spiro atoms. The van der Waals surface area contributed by atoms with Crippen molar-refractivity contribution in [3.8, 4) is 0 Å². The molecule has 3 rings (SSSR count). The molecule has 0 radical (unpaired) electrons. The molecule has 2 aliphatic rings. The number of nitrogens with two attached hydrogens (primary N) is 1. The molecular weight excluding hydrogens is 334 g/mol. The number of benzene rings is 1. The van der Waals surface area contributed by atoms with Crippen LogP contribution in [0.5, 0.6) is 0 Å². The third-order valence-electron chi connectivity index (χ3n) is 6.18. The first kappa shape index (κ1) is 20.2. The number of hydrogen-bond acceptors (Lipinski definition) is 3. The maximum atomic E-state index is 6.11. The second-order valence-corrected chi connectivity index (χ2v) is 8.24. The summed E-state index contributed by atoms with van der Waals surface area (Å²) in [4.78, 5) is 9.72. The van der Waals surface area contributed by atoms with Crippen molar-refractivity contribution in [2.45, 2.75) is 52.1 Å². The van der Waals surface area contributed by atoms with Gasteiger partial charge in [0.15, 0.2) is 5.96 Å². The van der Waals surface area contributed by atoms with E-state index >= 15 is 0 Å². The summed E-state index contributed by atoms with van der Waals surface area (Å²) in [6.45, 7) is 11.9. The van der Waals surface area contributed by atoms with E-state index in [1.54, 1.807) is 0 Å². The smallest absolute Gasteiger partial charge is 0.188 e. The van der Waals surface area contributed by atoms with Gasteiger partial charge in [-0.2, -0.15) is 0 Å². The largest absolute Gasteiger partial charge is 0.370 e. The number of piperidine rings is 1. The summed E-state index contributed by atoms with van der Waals surface area (Å²) in [6.07, 6.45) is 5.01. The van der Waals surface area contributed by atoms with Gasteiger partial charge in [-0.05, 0) is 70.3 Å². The number of nitrogens with one attached hydrogen (secondary N) is 1. The summed E-state index contributed by atoms with van der Waals surface area (Å²) in [5.41, 5.74) is 8.85. The Labute approximate surface area is 165 Å². The van der Waals surface area contributed by atoms with Crippen molar-refractivity contribution in [2.24, 2.45) is 16.6 Å². The molecule has 0 aliphatic carbocycles. The molecule has 3 N–H and O–H groups in total. The Morgan fingerprint density at radius 3 is 2.59 bits per heavy atom. The van der Waals surface area contributed by atoms with Gasteiger partial charge in [0.1, 0.15) is 0 Å². The Hall–Kier alpha value is -1.59. The SMILES string of the molecule is CCN1CCCC1CNC(N)=NCC1CCN(Cc2ccc(C)cc2)CC1. The molecule has 1 aromatic carbocycles. The van der Waals surface area contributed by atoms with Crippen LogP contribution in [0.3, 0.4) is 0 Å². The molecule has 150 valence electrons. The summed E-state index contributed by atoms with van der Waals surface area (Å²) in [5, 5.41) is 3.35. The van der Waals surface area contributed by atoms with E-state index in [1.165, 1.54) is 43.4 Å². The molecule has 5 nitrogen and oxygen atoms in total. The van der Waals surface area contributed by atoms with Gasteiger partial charge in [0, 0.05) is 25.7 Å². The minimum atomic E-state index is 0.619. The molecule has 1 atom stereocenters. The van der Waals surface area contributed by atoms with E-state index in [0.717, 1.165) is 39.3 Å². The van der Waals surface area contributed by atoms with Gasteiger partial charge in [-0.1, -0.05) is 36.8 Å². The fourth-order valence-corrected chi connectivity index (χ4v) is 4.33. The third kappa shape index (κ3) is 6.22. The Morgan fingerprint density at radius 1 is 1.15 bits per heavy atom. The summed E-state index contributed by atoms with van der Waals surface area (Å²) in [5.74, 6) is 1.29. The van der Waals surface area contributed by atoms with Crippen LogP contribution in [-0.2, 0) is 6.54 Å². The third-order valence-corrected chi connectivity index (χ3v) is 6.18. The molecule has 0 aromatic heterocycles. The van der Waals surface area contributed by atoms with Crippen molar-refractivity contribution in [2.75, 3.05) is 39.3 Å². The van der Waals surface area contributed by atoms with E-state index in [9.17, 15) is 0 Å². The van der Waals surface area contributed by atoms with E-state index in [0.29, 0.717) is 17.9 Å². The Bertz CT molecular complexity index is 589. The normalized spacial score (nSPS) is 23.0. The first-order valence-corrected chi connectivity index (χ1v) is 10.7. The summed E-state index contributed by atoms with van der Waals surface area (Å²) in [7, 11) is 0. The van der Waals surface area contributed by atoms with Gasteiger partial charge in [0.2, 0.25) is 0 Å². The maximum Gasteiger partial charge on any atom is 0.188 e. The predicted molar refractivity (Wildman–Crippen MR) is 114 cm³/mol. The monoisotopic (exact) mass is 371 g/mol. The van der Waals surface area contributed by atoms with Crippen LogP contribution in [0.4, 0.5) is 0 Å². The van der Waals surface area contributed by atoms with Crippen LogP contribution in [-0.4, -0.2) is 61.1 Å². The highest BCUT2D eigenvalue weighted by Crippen LogP contribution is 2.19. The molecule has 2 fully saturated rings. The molecular formula is C22H37N5. The molecule has 2 heterocycles. The molecule has 1 aromatic rings. The highest BCUT2D eigenvalue weighted by Gasteiger charge is 2.23. The van der Waals surface area contributed by atoms with Gasteiger partial charge in [-0.15, -0.1) is 0 Å². The van der Waals surface area contributed by atoms with E-state index in [-0.39, 0.29) is 0 Å². The zero-order valence-electron chi connectivity index (χ0n) is 17.2. The van der Waals surface area contributed by atoms with Crippen LogP contribution >= 0.6 is 0 Å². The highest BCUT2D eigenvalue weighted by atomic mass is 15.2. The number of hydrogen-bond donors (Lipinski definition) is 2. The first-order valence-electron chi connectivity index (χ1n) is 10.7. The summed E-state index contributed by atoms with van der Waals surface area (Å²) < 4.78 is 0. The molecule has 0 bridgehead atoms. The number of rotatable bonds is 7. The van der Waals surface area contributed by atoms with Crippen molar-refractivity contribution in [1.29, 1.82) is 0 Å². The lowest BCUT2D eigenvalue weighted by molar-refractivity contribution is 0.180. The fraction of sp³-hybridized carbons (Fsp3) is 0.682. The summed E-state index contributed by atoms with van der Waals surface area (Å²) >= 11 is 0. The Kier molecular flexibility index (Phi) is 7.53. The molecule has 2 aliphatic heterocycles. The molecule has 2 saturated heterocycles. The standard InChI is InChI=1S/C22H37N5/c1-3-27-12-4-5-21(27)16-25-22(23)24-15-19-10-13-26(14-11-19)17-20-8-6-18(2)7-9-20/h6-9,19,21H,3-5,10-17H2,1-2H3,(H3,23,24,25). The zero-order valence-corrected chi connectivity index (χ0v) is 17.2. The van der Waals surface area contributed by atoms with Crippen LogP contribution < -0.4 is 11.1 Å². The Morgan fingerprint density at radius 2 is 1.89 bits per heavy atom. The lowest BCUT2D eigenvalue weighted by atomic mass is 9.96. The van der Waals surface area contributed by atoms with Crippen LogP contribution in [0.1, 0.15) is 43.7 Å². The zero-order chi connectivity index (χ0) is 19.1. The highest BCUT2D eigenvalue weighted by molar-refractivity contribution is 5.77. The minimum absolute atomic E-state index is 0.619. The lowest BCUT2D eigenvalue weighted by Gasteiger charge is -2.31. The van der Waals surface area contributed by atoms with Crippen molar-refractivity contribution >= 4 is 5.96 Å². The quantitative estimate of drug-likeness (QED) is 0.571. The van der Waals surface area contributed by atoms with Gasteiger partial charge in [-0.3, -0.25) is 14.8 Å². The topological polar surface area (TPSA) is 56.9 Å². The molecule has 0 amide bonds. The average Bonchev–Trinajstić information content (AvgIpc) is 3.15. The number of nitrogens with zero attached hydrogens (tertiary/aromatic N) is 3. The van der Waals surface area contributed by atoms with Gasteiger partial charge < -0.3 is 11.1 Å². The van der Waals surface area contributed by atoms with Crippen molar-refractivity contribution < 1.29 is 0 Å². The second-order valence-electron chi connectivity index (χ2n) is 8.24. The number of aryl methyl sites for hydroxylation is 1. The van der Waals surface area contributed by atoms with E-state index in [2.05, 4.69) is 58.2 Å². The Balaban J connectivity index is 1.34. The van der Waals surface area contributed by atoms with E-state index in [4.69, 9.17) is 5.73 Å². The molecule has 0 saturated carbocycles. The lowest BCUT2D eigenvalue weighted by Crippen LogP contribution is -2.43. The number of likely N-dealkylation sites (tertiary alicyclic amines) is 2. The van der Waals surface area contributed by atoms with Crippen LogP contribution in [0.2, 0.25) is 0 Å². The summed E-state index contributed by atoms with van der Waals surface area (Å²) in [6, 6.07) is 9.54. The van der Waals surface area contributed by atoms with E-state index in [1.807, 2.05) is 0 Å². The first-order chi connectivity index (χ1) is 13.1. The minimum Gasteiger partial charge on any atom is -0.370 e.